The van der Waals surface area contributed by atoms with Gasteiger partial charge in [0.2, 0.25) is 5.91 Å². The third-order valence-corrected chi connectivity index (χ3v) is 3.88. The van der Waals surface area contributed by atoms with Crippen LogP contribution in [0.3, 0.4) is 0 Å². The van der Waals surface area contributed by atoms with Gasteiger partial charge in [0.25, 0.3) is 0 Å². The van der Waals surface area contributed by atoms with Crippen LogP contribution in [-0.4, -0.2) is 51.9 Å². The van der Waals surface area contributed by atoms with Crippen molar-refractivity contribution in [2.45, 2.75) is 19.4 Å². The zero-order chi connectivity index (χ0) is 14.9. The van der Waals surface area contributed by atoms with Crippen LogP contribution in [0.1, 0.15) is 23.7 Å². The van der Waals surface area contributed by atoms with Gasteiger partial charge < -0.3 is 14.7 Å². The minimum Gasteiger partial charge on any atom is -0.481 e. The molecule has 0 saturated carbocycles. The van der Waals surface area contributed by atoms with Crippen molar-refractivity contribution in [3.8, 4) is 0 Å². The van der Waals surface area contributed by atoms with Gasteiger partial charge in [-0.3, -0.25) is 14.3 Å². The first-order valence-electron chi connectivity index (χ1n) is 6.47. The number of carboxylic acid groups (broad SMARTS) is 1. The van der Waals surface area contributed by atoms with Crippen molar-refractivity contribution in [2.75, 3.05) is 20.3 Å². The van der Waals surface area contributed by atoms with Gasteiger partial charge in [-0.15, -0.1) is 0 Å². The Morgan fingerprint density at radius 1 is 1.60 bits per heavy atom. The van der Waals surface area contributed by atoms with E-state index in [1.165, 1.54) is 0 Å². The highest BCUT2D eigenvalue weighted by Gasteiger charge is 2.45. The van der Waals surface area contributed by atoms with Crippen LogP contribution in [0.5, 0.6) is 0 Å². The van der Waals surface area contributed by atoms with Crippen LogP contribution >= 0.6 is 0 Å². The first-order chi connectivity index (χ1) is 9.47. The molecule has 0 spiro atoms. The number of carbonyl (C=O) groups is 2. The summed E-state index contributed by atoms with van der Waals surface area (Å²) in [6.45, 7) is 2.64. The molecular formula is C13H19N3O4. The fourth-order valence-corrected chi connectivity index (χ4v) is 2.66. The molecule has 1 aliphatic heterocycles. The zero-order valence-corrected chi connectivity index (χ0v) is 11.9. The van der Waals surface area contributed by atoms with Crippen LogP contribution < -0.4 is 0 Å². The second kappa shape index (κ2) is 5.62. The van der Waals surface area contributed by atoms with E-state index in [0.29, 0.717) is 13.2 Å². The summed E-state index contributed by atoms with van der Waals surface area (Å²) < 4.78 is 6.69. The summed E-state index contributed by atoms with van der Waals surface area (Å²) in [6.07, 6.45) is 1.67. The number of nitrogens with zero attached hydrogens (tertiary/aromatic N) is 3. The highest BCUT2D eigenvalue weighted by Crippen LogP contribution is 2.39. The highest BCUT2D eigenvalue weighted by molar-refractivity contribution is 5.87. The number of likely N-dealkylation sites (tertiary alicyclic amines) is 1. The lowest BCUT2D eigenvalue weighted by atomic mass is 9.94. The van der Waals surface area contributed by atoms with Crippen molar-refractivity contribution in [3.63, 3.8) is 0 Å². The second-order valence-electron chi connectivity index (χ2n) is 4.98. The summed E-state index contributed by atoms with van der Waals surface area (Å²) in [7, 11) is 3.35. The first-order valence-corrected chi connectivity index (χ1v) is 6.47. The Morgan fingerprint density at radius 2 is 2.30 bits per heavy atom. The van der Waals surface area contributed by atoms with Crippen molar-refractivity contribution >= 4 is 11.9 Å². The molecule has 2 heterocycles. The zero-order valence-electron chi connectivity index (χ0n) is 11.9. The molecule has 7 heteroatoms. The normalized spacial score (nSPS) is 22.6. The predicted octanol–water partition coefficient (Wildman–Crippen LogP) is 0.349. The number of amides is 1. The highest BCUT2D eigenvalue weighted by atomic mass is 16.5. The topological polar surface area (TPSA) is 84.7 Å². The molecule has 0 aromatic carbocycles. The number of hydrogen-bond acceptors (Lipinski definition) is 4. The Kier molecular flexibility index (Phi) is 4.08. The van der Waals surface area contributed by atoms with Crippen molar-refractivity contribution in [3.05, 3.63) is 17.5 Å². The quantitative estimate of drug-likeness (QED) is 0.841. The molecule has 2 rings (SSSR count). The van der Waals surface area contributed by atoms with Gasteiger partial charge in [0.05, 0.1) is 24.8 Å². The van der Waals surface area contributed by atoms with Crippen LogP contribution in [0.25, 0.3) is 0 Å². The van der Waals surface area contributed by atoms with Gasteiger partial charge >= 0.3 is 5.97 Å². The molecule has 0 unspecified atom stereocenters. The summed E-state index contributed by atoms with van der Waals surface area (Å²) >= 11 is 0. The van der Waals surface area contributed by atoms with Crippen LogP contribution in [0.15, 0.2) is 6.20 Å². The van der Waals surface area contributed by atoms with Crippen LogP contribution in [0.2, 0.25) is 0 Å². The van der Waals surface area contributed by atoms with E-state index < -0.39 is 17.9 Å². The number of aromatic nitrogens is 2. The number of carbonyl (C=O) groups excluding carboxylic acids is 1. The van der Waals surface area contributed by atoms with Gasteiger partial charge in [0.1, 0.15) is 0 Å². The SMILES string of the molecule is COCCN1C(=O)C[C@H](C(=O)O)[C@@H]1c1cnn(C)c1C. The second-order valence-corrected chi connectivity index (χ2v) is 4.98. The van der Waals surface area contributed by atoms with E-state index in [4.69, 9.17) is 4.74 Å². The summed E-state index contributed by atoms with van der Waals surface area (Å²) in [4.78, 5) is 25.1. The van der Waals surface area contributed by atoms with Crippen molar-refractivity contribution in [2.24, 2.45) is 13.0 Å². The third-order valence-electron chi connectivity index (χ3n) is 3.88. The van der Waals surface area contributed by atoms with Crippen LogP contribution in [0, 0.1) is 12.8 Å². The number of rotatable bonds is 5. The number of methoxy groups -OCH3 is 1. The standard InChI is InChI=1S/C13H19N3O4/c1-8-10(7-14-15(8)2)12-9(13(18)19)6-11(17)16(12)4-5-20-3/h7,9,12H,4-6H2,1-3H3,(H,18,19)/t9-,12+/m0/s1. The Balaban J connectivity index is 2.38. The molecule has 0 bridgehead atoms. The van der Waals surface area contributed by atoms with Gasteiger partial charge in [0, 0.05) is 38.4 Å². The van der Waals surface area contributed by atoms with Gasteiger partial charge in [0.15, 0.2) is 0 Å². The Bertz CT molecular complexity index is 526. The molecule has 1 N–H and O–H groups in total. The van der Waals surface area contributed by atoms with E-state index >= 15 is 0 Å². The van der Waals surface area contributed by atoms with E-state index in [2.05, 4.69) is 5.10 Å². The molecule has 1 saturated heterocycles. The van der Waals surface area contributed by atoms with Crippen molar-refractivity contribution in [1.82, 2.24) is 14.7 Å². The maximum atomic E-state index is 12.1. The molecule has 1 aromatic heterocycles. The number of aliphatic carboxylic acids is 1. The van der Waals surface area contributed by atoms with E-state index in [1.54, 1.807) is 29.9 Å². The number of hydrogen-bond donors (Lipinski definition) is 1. The van der Waals surface area contributed by atoms with E-state index in [1.807, 2.05) is 6.92 Å². The fraction of sp³-hybridized carbons (Fsp3) is 0.615. The molecule has 1 aliphatic rings. The molecule has 7 nitrogen and oxygen atoms in total. The number of carboxylic acids is 1. The average Bonchev–Trinajstić information content (AvgIpc) is 2.89. The molecule has 1 fully saturated rings. The monoisotopic (exact) mass is 281 g/mol. The lowest BCUT2D eigenvalue weighted by Gasteiger charge is -2.26. The van der Waals surface area contributed by atoms with Gasteiger partial charge in [-0.05, 0) is 6.92 Å². The molecule has 20 heavy (non-hydrogen) atoms. The lowest BCUT2D eigenvalue weighted by molar-refractivity contribution is -0.142. The summed E-state index contributed by atoms with van der Waals surface area (Å²) in [5.74, 6) is -1.84. The van der Waals surface area contributed by atoms with Crippen LogP contribution in [-0.2, 0) is 21.4 Å². The molecule has 0 aliphatic carbocycles. The van der Waals surface area contributed by atoms with Gasteiger partial charge in [-0.25, -0.2) is 0 Å². The Labute approximate surface area is 117 Å². The van der Waals surface area contributed by atoms with Crippen molar-refractivity contribution < 1.29 is 19.4 Å². The third kappa shape index (κ3) is 2.40. The summed E-state index contributed by atoms with van der Waals surface area (Å²) in [5.41, 5.74) is 1.67. The maximum Gasteiger partial charge on any atom is 0.309 e. The molecular weight excluding hydrogens is 262 g/mol. The van der Waals surface area contributed by atoms with Gasteiger partial charge in [-0.1, -0.05) is 0 Å². The van der Waals surface area contributed by atoms with E-state index in [9.17, 15) is 14.7 Å². The first kappa shape index (κ1) is 14.5. The molecule has 1 amide bonds. The van der Waals surface area contributed by atoms with Crippen molar-refractivity contribution in [1.29, 1.82) is 0 Å². The molecule has 0 radical (unpaired) electrons. The lowest BCUT2D eigenvalue weighted by Crippen LogP contribution is -2.33. The Morgan fingerprint density at radius 3 is 2.80 bits per heavy atom. The minimum atomic E-state index is -0.952. The molecule has 1 aromatic rings. The fourth-order valence-electron chi connectivity index (χ4n) is 2.66. The molecule has 110 valence electrons. The van der Waals surface area contributed by atoms with E-state index in [-0.39, 0.29) is 12.3 Å². The smallest absolute Gasteiger partial charge is 0.309 e. The predicted molar refractivity (Wildman–Crippen MR) is 70.0 cm³/mol. The average molecular weight is 281 g/mol. The molecule has 2 atom stereocenters. The number of ether oxygens (including phenoxy) is 1. The number of aryl methyl sites for hydroxylation is 1. The maximum absolute atomic E-state index is 12.1. The van der Waals surface area contributed by atoms with E-state index in [0.717, 1.165) is 11.3 Å². The largest absolute Gasteiger partial charge is 0.481 e. The van der Waals surface area contributed by atoms with Crippen LogP contribution in [0.4, 0.5) is 0 Å². The summed E-state index contributed by atoms with van der Waals surface area (Å²) in [6, 6.07) is -0.469. The minimum absolute atomic E-state index is 0.0258. The van der Waals surface area contributed by atoms with Gasteiger partial charge in [-0.2, -0.15) is 5.10 Å². The summed E-state index contributed by atoms with van der Waals surface area (Å²) in [5, 5.41) is 13.5. The Hall–Kier alpha value is -1.89.